The molecule has 15 aromatic rings. The summed E-state index contributed by atoms with van der Waals surface area (Å²) in [7, 11) is 0. The van der Waals surface area contributed by atoms with E-state index in [-0.39, 0.29) is 117 Å². The Morgan fingerprint density at radius 1 is 0.422 bits per heavy atom. The smallest absolute Gasteiger partial charge is 0.354 e. The van der Waals surface area contributed by atoms with E-state index in [1.807, 2.05) is 91.5 Å². The fourth-order valence-corrected chi connectivity index (χ4v) is 10.8. The van der Waals surface area contributed by atoms with Crippen molar-refractivity contribution in [3.8, 4) is 45.0 Å². The van der Waals surface area contributed by atoms with Gasteiger partial charge in [-0.1, -0.05) is 193 Å². The summed E-state index contributed by atoms with van der Waals surface area (Å²) in [6, 6.07) is 93.8. The summed E-state index contributed by atoms with van der Waals surface area (Å²) in [5.41, 5.74) is 10.8. The molecule has 0 bridgehead atoms. The van der Waals surface area contributed by atoms with Crippen LogP contribution in [0.1, 0.15) is 87.8 Å². The van der Waals surface area contributed by atoms with Crippen molar-refractivity contribution in [3.63, 3.8) is 0 Å². The van der Waals surface area contributed by atoms with Crippen molar-refractivity contribution in [2.45, 2.75) is 78.1 Å². The normalized spacial score (nSPS) is 10.2. The number of carboxylic acid groups (broad SMARTS) is 1. The maximum absolute atomic E-state index is 13.2. The molecule has 0 aliphatic carbocycles. The summed E-state index contributed by atoms with van der Waals surface area (Å²) in [6.45, 7) is 8.91. The Kier molecular flexibility index (Phi) is 36.1. The molecule has 0 amide bonds. The zero-order chi connectivity index (χ0) is 67.6. The molecule has 0 aliphatic rings. The van der Waals surface area contributed by atoms with E-state index in [0.717, 1.165) is 63.2 Å². The van der Waals surface area contributed by atoms with Crippen molar-refractivity contribution in [2.75, 3.05) is 0 Å². The van der Waals surface area contributed by atoms with Crippen molar-refractivity contribution < 1.29 is 119 Å². The molecule has 0 aliphatic heterocycles. The Balaban J connectivity index is 0.000000223. The van der Waals surface area contributed by atoms with Crippen LogP contribution < -0.4 is 0 Å². The third kappa shape index (κ3) is 24.2. The van der Waals surface area contributed by atoms with E-state index in [2.05, 4.69) is 215 Å². The van der Waals surface area contributed by atoms with Crippen LogP contribution in [0.3, 0.4) is 0 Å². The average Bonchev–Trinajstić information content (AvgIpc) is 0.834. The molecule has 0 atom stereocenters. The standard InChI is InChI=1S/C23H26N.C19H18N.C15H10N.C13H8N.C11H6F2N.C6H5NO2.5Ir/c1-2-3-4-5-6-7-10-19-13-15-21(16-14-19)23-22-12-9-8-11-20(22)17-18-24-23;1-19(2,3)16-10-8-15(9-11-16)18-17-7-5-4-6-14(17)12-13-20-18;1-2-7-13(8-3-1)15-14-9-5-4-6-12(14)10-11-16-15;1-2-6-12-10(4-1)7-8-11-5-3-9-14-13(11)12;12-8-4-5-9(10(13)7-8)11-3-1-2-6-14-11;8-6(9)5-3-1-2-4-7-5;;;;;/h8-9,11-15,17-18H,2-7,10H2,1H3;4-8,10-13H,1-3H3;1-7,9-11H;1-5,7-9H;1-4,6-7H;1-4H,(H,8,9);;;;;/q5*-1;;;;;;. The van der Waals surface area contributed by atoms with Gasteiger partial charge in [0.05, 0.1) is 0 Å². The number of hydrogen-bond acceptors (Lipinski definition) is 7. The Morgan fingerprint density at radius 3 is 1.44 bits per heavy atom. The van der Waals surface area contributed by atoms with Crippen LogP contribution in [0.5, 0.6) is 0 Å². The van der Waals surface area contributed by atoms with E-state index >= 15 is 0 Å². The molecule has 15 heteroatoms. The molecule has 0 unspecified atom stereocenters. The van der Waals surface area contributed by atoms with Gasteiger partial charge >= 0.3 is 5.97 Å². The van der Waals surface area contributed by atoms with E-state index in [1.54, 1.807) is 36.5 Å². The number of unbranched alkanes of at least 4 members (excludes halogenated alkanes) is 5. The van der Waals surface area contributed by atoms with Crippen molar-refractivity contribution in [3.05, 3.63) is 339 Å². The second-order valence-electron chi connectivity index (χ2n) is 23.8. The van der Waals surface area contributed by atoms with Crippen LogP contribution in [-0.2, 0) is 112 Å². The number of rotatable bonds is 12. The molecule has 0 fully saturated rings. The summed E-state index contributed by atoms with van der Waals surface area (Å²) in [4.78, 5) is 35.6. The largest absolute Gasteiger partial charge is 0.477 e. The van der Waals surface area contributed by atoms with Crippen LogP contribution in [0.2, 0.25) is 0 Å². The minimum atomic E-state index is -0.990. The van der Waals surface area contributed by atoms with Crippen LogP contribution in [0.25, 0.3) is 99.0 Å². The van der Waals surface area contributed by atoms with Crippen LogP contribution in [-0.4, -0.2) is 41.0 Å². The van der Waals surface area contributed by atoms with E-state index in [1.165, 1.54) is 105 Å². The van der Waals surface area contributed by atoms with Gasteiger partial charge in [0.15, 0.2) is 0 Å². The molecule has 102 heavy (non-hydrogen) atoms. The Morgan fingerprint density at radius 2 is 0.931 bits per heavy atom. The van der Waals surface area contributed by atoms with Gasteiger partial charge in [-0.25, -0.2) is 9.78 Å². The predicted molar refractivity (Wildman–Crippen MR) is 392 cm³/mol. The molecule has 6 aromatic heterocycles. The molecule has 527 valence electrons. The number of aromatic nitrogens is 6. The molecular weight excluding hydrogens is 2160 g/mol. The van der Waals surface area contributed by atoms with Crippen LogP contribution in [0.4, 0.5) is 8.78 Å². The number of carbonyl (C=O) groups is 1. The molecular formula is C87H73F2Ir5N6O2-5. The van der Waals surface area contributed by atoms with Crippen molar-refractivity contribution in [1.82, 2.24) is 29.9 Å². The first-order valence-corrected chi connectivity index (χ1v) is 32.5. The zero-order valence-corrected chi connectivity index (χ0v) is 68.4. The van der Waals surface area contributed by atoms with Gasteiger partial charge in [0, 0.05) is 149 Å². The molecule has 0 saturated heterocycles. The maximum Gasteiger partial charge on any atom is 0.354 e. The third-order valence-corrected chi connectivity index (χ3v) is 15.9. The summed E-state index contributed by atoms with van der Waals surface area (Å²) in [5.74, 6) is -2.28. The van der Waals surface area contributed by atoms with Gasteiger partial charge in [0.25, 0.3) is 0 Å². The number of fused-ring (bicyclic) bond motifs is 6. The Bertz CT molecular complexity index is 4910. The van der Waals surface area contributed by atoms with Crippen LogP contribution in [0, 0.1) is 42.0 Å². The number of aryl methyl sites for hydroxylation is 1. The fourth-order valence-electron chi connectivity index (χ4n) is 10.8. The Labute approximate surface area is 664 Å². The van der Waals surface area contributed by atoms with Crippen molar-refractivity contribution in [1.29, 1.82) is 0 Å². The molecule has 1 N–H and O–H groups in total. The molecule has 15 rings (SSSR count). The van der Waals surface area contributed by atoms with Gasteiger partial charge in [-0.05, 0) is 114 Å². The van der Waals surface area contributed by atoms with E-state index in [0.29, 0.717) is 5.69 Å². The molecule has 9 aromatic carbocycles. The van der Waals surface area contributed by atoms with Gasteiger partial charge in [-0.15, -0.1) is 154 Å². The topological polar surface area (TPSA) is 115 Å². The predicted octanol–water partition coefficient (Wildman–Crippen LogP) is 22.1. The van der Waals surface area contributed by atoms with Gasteiger partial charge in [-0.2, -0.15) is 0 Å². The van der Waals surface area contributed by atoms with E-state index in [4.69, 9.17) is 5.11 Å². The average molecular weight is 2230 g/mol. The van der Waals surface area contributed by atoms with E-state index < -0.39 is 17.6 Å². The first kappa shape index (κ1) is 84.4. The van der Waals surface area contributed by atoms with Crippen LogP contribution >= 0.6 is 0 Å². The van der Waals surface area contributed by atoms with Gasteiger partial charge in [-0.3, -0.25) is 8.78 Å². The summed E-state index contributed by atoms with van der Waals surface area (Å²) in [6.07, 6.45) is 19.6. The number of pyridine rings is 6. The number of nitrogens with zero attached hydrogens (tertiary/aromatic N) is 6. The number of aromatic carboxylic acids is 1. The quantitative estimate of drug-likeness (QED) is 0.0731. The number of halogens is 2. The SMILES string of the molecule is CC(C)(C)c1c[c-]c(-c2nccc3ccccc23)cc1.CCCCCCCCc1c[c-]c(-c2nccc3ccccc23)cc1.Fc1c[c-]c(-c2ccccn2)c(F)c1.O=C(O)c1ccccn1.[Ir].[Ir].[Ir].[Ir].[Ir].[c-]1cccc2ccc3cccnc3c12.[c-]1ccccc1-c1nccc2ccccc12. The zero-order valence-electron chi connectivity index (χ0n) is 56.5. The minimum Gasteiger partial charge on any atom is -0.477 e. The Hall–Kier alpha value is -8.24. The number of hydrogen-bond donors (Lipinski definition) is 1. The second-order valence-corrected chi connectivity index (χ2v) is 23.8. The van der Waals surface area contributed by atoms with E-state index in [9.17, 15) is 13.6 Å². The van der Waals surface area contributed by atoms with Gasteiger partial charge in [0.2, 0.25) is 0 Å². The maximum atomic E-state index is 13.2. The first-order chi connectivity index (χ1) is 47.4. The summed E-state index contributed by atoms with van der Waals surface area (Å²) < 4.78 is 25.8. The monoisotopic (exact) mass is 2240 g/mol. The van der Waals surface area contributed by atoms with Crippen molar-refractivity contribution >= 4 is 60.0 Å². The van der Waals surface area contributed by atoms with Gasteiger partial charge in [0.1, 0.15) is 5.69 Å². The minimum absolute atomic E-state index is 0. The first-order valence-electron chi connectivity index (χ1n) is 32.5. The number of carboxylic acids is 1. The second kappa shape index (κ2) is 43.7. The summed E-state index contributed by atoms with van der Waals surface area (Å²) in [5, 5.41) is 19.0. The molecule has 5 radical (unpaired) electrons. The number of benzene rings is 9. The molecule has 0 saturated carbocycles. The molecule has 6 heterocycles. The fraction of sp³-hybridized carbons (Fsp3) is 0.138. The molecule has 8 nitrogen and oxygen atoms in total. The van der Waals surface area contributed by atoms with Crippen molar-refractivity contribution in [2.24, 2.45) is 0 Å². The van der Waals surface area contributed by atoms with Gasteiger partial charge < -0.3 is 30.0 Å². The van der Waals surface area contributed by atoms with Crippen LogP contribution in [0.15, 0.2) is 280 Å². The molecule has 0 spiro atoms. The summed E-state index contributed by atoms with van der Waals surface area (Å²) >= 11 is 0. The third-order valence-electron chi connectivity index (χ3n) is 15.9.